The summed E-state index contributed by atoms with van der Waals surface area (Å²) >= 11 is 0. The summed E-state index contributed by atoms with van der Waals surface area (Å²) < 4.78 is 0. The fraction of sp³-hybridized carbons (Fsp3) is 0.316. The number of rotatable bonds is 4. The second-order valence-corrected chi connectivity index (χ2v) is 5.93. The number of hydrogen-bond donors (Lipinski definition) is 1. The summed E-state index contributed by atoms with van der Waals surface area (Å²) in [5.74, 6) is 0.803. The molecule has 0 spiro atoms. The van der Waals surface area contributed by atoms with E-state index < -0.39 is 0 Å². The maximum atomic E-state index is 12.1. The van der Waals surface area contributed by atoms with Gasteiger partial charge in [-0.2, -0.15) is 0 Å². The zero-order valence-corrected chi connectivity index (χ0v) is 15.8. The summed E-state index contributed by atoms with van der Waals surface area (Å²) in [5, 5.41) is 3.38. The summed E-state index contributed by atoms with van der Waals surface area (Å²) in [6, 6.07) is 15.3. The average molecular weight is 399 g/mol. The molecule has 0 bridgehead atoms. The Morgan fingerprint density at radius 2 is 1.26 bits per heavy atom. The van der Waals surface area contributed by atoms with E-state index in [1.807, 2.05) is 18.2 Å². The number of nitrogens with one attached hydrogen (secondary N) is 1. The van der Waals surface area contributed by atoms with E-state index in [0.717, 1.165) is 5.69 Å². The predicted molar refractivity (Wildman–Crippen MR) is 90.6 cm³/mol. The minimum absolute atomic E-state index is 0. The van der Waals surface area contributed by atoms with E-state index >= 15 is 0 Å². The number of hydrogen-bond acceptors (Lipinski definition) is 2. The molecule has 4 heteroatoms. The van der Waals surface area contributed by atoms with Crippen molar-refractivity contribution in [1.82, 2.24) is 0 Å². The van der Waals surface area contributed by atoms with Gasteiger partial charge in [-0.15, -0.1) is 0 Å². The van der Waals surface area contributed by atoms with Crippen molar-refractivity contribution in [2.45, 2.75) is 39.5 Å². The van der Waals surface area contributed by atoms with Gasteiger partial charge in [0.1, 0.15) is 0 Å². The monoisotopic (exact) mass is 397 g/mol. The van der Waals surface area contributed by atoms with Crippen molar-refractivity contribution >= 4 is 11.4 Å². The van der Waals surface area contributed by atoms with E-state index in [-0.39, 0.29) is 38.4 Å². The van der Waals surface area contributed by atoms with Gasteiger partial charge < -0.3 is 5.32 Å². The Labute approximate surface area is 158 Å². The van der Waals surface area contributed by atoms with E-state index in [2.05, 4.69) is 51.2 Å². The molecule has 2 aromatic carbocycles. The minimum atomic E-state index is 0. The molecule has 0 unspecified atom stereocenters. The topological polar surface area (TPSA) is 29.1 Å². The van der Waals surface area contributed by atoms with Crippen LogP contribution in [0.1, 0.15) is 50.7 Å². The van der Waals surface area contributed by atoms with Gasteiger partial charge >= 0.3 is 33.0 Å². The molecule has 2 aromatic rings. The summed E-state index contributed by atoms with van der Waals surface area (Å²) in [7, 11) is 0. The maximum Gasteiger partial charge on any atom is 2.00 e. The molecule has 0 aliphatic heterocycles. The van der Waals surface area contributed by atoms with Gasteiger partial charge in [0, 0.05) is 5.69 Å². The van der Waals surface area contributed by atoms with Crippen molar-refractivity contribution in [3.63, 3.8) is 0 Å². The van der Waals surface area contributed by atoms with Crippen LogP contribution in [0.2, 0.25) is 0 Å². The van der Waals surface area contributed by atoms with Crippen LogP contribution in [0.3, 0.4) is 0 Å². The number of anilines is 2. The van der Waals surface area contributed by atoms with Gasteiger partial charge in [0.25, 0.3) is 0 Å². The van der Waals surface area contributed by atoms with Crippen LogP contribution in [0.5, 0.6) is 0 Å². The third-order valence-electron chi connectivity index (χ3n) is 3.63. The zero-order valence-electron chi connectivity index (χ0n) is 13.8. The van der Waals surface area contributed by atoms with E-state index in [1.165, 1.54) is 11.1 Å². The van der Waals surface area contributed by atoms with Crippen molar-refractivity contribution in [3.05, 3.63) is 69.9 Å². The molecule has 1 N–H and O–H groups in total. The van der Waals surface area contributed by atoms with Crippen molar-refractivity contribution in [2.75, 3.05) is 5.32 Å². The van der Waals surface area contributed by atoms with Crippen LogP contribution in [0.15, 0.2) is 53.3 Å². The molecule has 0 saturated heterocycles. The van der Waals surface area contributed by atoms with Crippen molar-refractivity contribution in [1.29, 1.82) is 0 Å². The first kappa shape index (κ1) is 21.9. The molecule has 23 heavy (non-hydrogen) atoms. The molecule has 0 aromatic heterocycles. The minimum Gasteiger partial charge on any atom is -0.352 e. The Hall–Kier alpha value is -1.10. The smallest absolute Gasteiger partial charge is 0.352 e. The van der Waals surface area contributed by atoms with E-state index in [1.54, 1.807) is 12.1 Å². The second-order valence-electron chi connectivity index (χ2n) is 5.93. The van der Waals surface area contributed by atoms with E-state index in [4.69, 9.17) is 0 Å². The summed E-state index contributed by atoms with van der Waals surface area (Å²) in [5.41, 5.74) is 4.19. The third-order valence-corrected chi connectivity index (χ3v) is 3.63. The quantitative estimate of drug-likeness (QED) is 0.732. The number of para-hydroxylation sites is 1. The van der Waals surface area contributed by atoms with Crippen LogP contribution >= 0.6 is 0 Å². The molecule has 126 valence electrons. The molecule has 0 radical (unpaired) electrons. The second kappa shape index (κ2) is 9.91. The van der Waals surface area contributed by atoms with Crippen LogP contribution in [-0.4, -0.2) is 0 Å². The van der Waals surface area contributed by atoms with Gasteiger partial charge in [-0.3, -0.25) is 4.79 Å². The zero-order chi connectivity index (χ0) is 15.4. The average Bonchev–Trinajstić information content (AvgIpc) is 2.64. The fourth-order valence-corrected chi connectivity index (χ4v) is 2.46. The summed E-state index contributed by atoms with van der Waals surface area (Å²) in [6.45, 7) is 8.70. The molecular weight excluding hydrogens is 376 g/mol. The Bertz CT molecular complexity index is 658. The number of benzene rings is 1. The Kier molecular flexibility index (Phi) is 9.43. The van der Waals surface area contributed by atoms with Crippen LogP contribution in [0.4, 0.5) is 11.4 Å². The van der Waals surface area contributed by atoms with Gasteiger partial charge in [0.2, 0.25) is 5.43 Å². The Morgan fingerprint density at radius 3 is 1.78 bits per heavy atom. The third kappa shape index (κ3) is 5.48. The van der Waals surface area contributed by atoms with Gasteiger partial charge in [0.15, 0.2) is 0 Å². The van der Waals surface area contributed by atoms with Gasteiger partial charge in [-0.25, -0.2) is 0 Å². The van der Waals surface area contributed by atoms with Gasteiger partial charge in [0.05, 0.1) is 5.69 Å². The molecule has 0 heterocycles. The summed E-state index contributed by atoms with van der Waals surface area (Å²) in [6.07, 6.45) is 0. The molecule has 0 fully saturated rings. The molecule has 2 nitrogen and oxygen atoms in total. The fourth-order valence-electron chi connectivity index (χ4n) is 2.46. The predicted octanol–water partition coefficient (Wildman–Crippen LogP) is 5.03. The SMILES string of the molecule is CC(C)c1cccc(C(C)C)c1Nc1cccccc1=O.[Ni+2].[Ni+2]. The van der Waals surface area contributed by atoms with E-state index in [0.29, 0.717) is 17.5 Å². The first-order valence-corrected chi connectivity index (χ1v) is 7.50. The normalized spacial score (nSPS) is 10.0. The van der Waals surface area contributed by atoms with Crippen molar-refractivity contribution in [2.24, 2.45) is 0 Å². The van der Waals surface area contributed by atoms with E-state index in [9.17, 15) is 4.79 Å². The Balaban J connectivity index is 0.00000242. The maximum absolute atomic E-state index is 12.1. The van der Waals surface area contributed by atoms with Crippen LogP contribution in [0.25, 0.3) is 0 Å². The molecule has 0 amide bonds. The molecule has 0 aliphatic carbocycles. The van der Waals surface area contributed by atoms with Crippen molar-refractivity contribution < 1.29 is 33.0 Å². The van der Waals surface area contributed by atoms with Gasteiger partial charge in [-0.1, -0.05) is 64.1 Å². The molecule has 0 atom stereocenters. The van der Waals surface area contributed by atoms with Crippen molar-refractivity contribution in [3.8, 4) is 0 Å². The Morgan fingerprint density at radius 1 is 0.739 bits per heavy atom. The largest absolute Gasteiger partial charge is 2.00 e. The first-order valence-electron chi connectivity index (χ1n) is 7.50. The standard InChI is InChI=1S/C19H23NO.2Ni/c1-13(2)15-9-8-10-16(14(3)4)19(15)20-17-11-6-5-7-12-18(17)21;;/h5-14H,1-4H3,(H,20,21);;/q;2*+2. The molecule has 0 saturated carbocycles. The first-order chi connectivity index (χ1) is 10.0. The molecular formula is C19H23NNi2O+4. The summed E-state index contributed by atoms with van der Waals surface area (Å²) in [4.78, 5) is 12.1. The van der Waals surface area contributed by atoms with Gasteiger partial charge in [-0.05, 0) is 35.1 Å². The van der Waals surface area contributed by atoms with Crippen LogP contribution < -0.4 is 10.7 Å². The molecule has 2 rings (SSSR count). The van der Waals surface area contributed by atoms with Crippen LogP contribution in [-0.2, 0) is 33.0 Å². The van der Waals surface area contributed by atoms with Crippen LogP contribution in [0, 0.1) is 0 Å². The molecule has 0 aliphatic rings.